The maximum absolute atomic E-state index is 11.9. The summed E-state index contributed by atoms with van der Waals surface area (Å²) in [5, 5.41) is 2.96. The van der Waals surface area contributed by atoms with Crippen LogP contribution in [-0.2, 0) is 4.79 Å². The van der Waals surface area contributed by atoms with E-state index in [0.29, 0.717) is 13.0 Å². The van der Waals surface area contributed by atoms with Crippen LogP contribution in [0.2, 0.25) is 0 Å². The Morgan fingerprint density at radius 1 is 1.37 bits per heavy atom. The summed E-state index contributed by atoms with van der Waals surface area (Å²) in [6, 6.07) is 8.19. The van der Waals surface area contributed by atoms with E-state index in [9.17, 15) is 4.79 Å². The van der Waals surface area contributed by atoms with Crippen LogP contribution in [0.4, 0.5) is 0 Å². The fourth-order valence-corrected chi connectivity index (χ4v) is 2.01. The molecular weight excluding hydrogens is 260 g/mol. The second-order valence-corrected chi connectivity index (χ2v) is 5.60. The van der Waals surface area contributed by atoms with E-state index in [1.54, 1.807) is 0 Å². The van der Waals surface area contributed by atoms with Gasteiger partial charge in [-0.05, 0) is 37.8 Å². The highest BCUT2D eigenvalue weighted by Gasteiger charge is 2.20. The molecule has 0 radical (unpaired) electrons. The predicted molar refractivity (Wildman–Crippen MR) is 82.7 cm³/mol. The first kappa shape index (κ1) is 17.9. The van der Waals surface area contributed by atoms with Crippen LogP contribution < -0.4 is 11.1 Å². The van der Waals surface area contributed by atoms with Crippen LogP contribution in [0.5, 0.6) is 0 Å². The molecule has 1 aromatic carbocycles. The summed E-state index contributed by atoms with van der Waals surface area (Å²) >= 11 is 0. The zero-order chi connectivity index (χ0) is 13.8. The van der Waals surface area contributed by atoms with Crippen LogP contribution in [0, 0.1) is 6.92 Å². The molecule has 1 rings (SSSR count). The molecule has 4 heteroatoms. The number of amides is 1. The van der Waals surface area contributed by atoms with Crippen LogP contribution in [0.3, 0.4) is 0 Å². The van der Waals surface area contributed by atoms with Crippen LogP contribution >= 0.6 is 12.4 Å². The standard InChI is InChI=1S/C15H24N2O.ClH/c1-11-7-5-6-8-13(11)12(2)9-14(18)17-15(3,4)10-16;/h5-8,12H,9-10,16H2,1-4H3,(H,17,18);1H. The third-order valence-corrected chi connectivity index (χ3v) is 3.20. The summed E-state index contributed by atoms with van der Waals surface area (Å²) in [4.78, 5) is 11.9. The first-order valence-corrected chi connectivity index (χ1v) is 6.42. The molecule has 0 bridgehead atoms. The zero-order valence-electron chi connectivity index (χ0n) is 12.2. The first-order chi connectivity index (χ1) is 8.35. The Balaban J connectivity index is 0.00000324. The summed E-state index contributed by atoms with van der Waals surface area (Å²) in [5.74, 6) is 0.279. The number of nitrogens with one attached hydrogen (secondary N) is 1. The van der Waals surface area contributed by atoms with Gasteiger partial charge < -0.3 is 11.1 Å². The van der Waals surface area contributed by atoms with Gasteiger partial charge in [-0.25, -0.2) is 0 Å². The largest absolute Gasteiger partial charge is 0.350 e. The van der Waals surface area contributed by atoms with Gasteiger partial charge in [0, 0.05) is 18.5 Å². The molecule has 0 aliphatic rings. The maximum Gasteiger partial charge on any atom is 0.221 e. The molecule has 1 amide bonds. The van der Waals surface area contributed by atoms with E-state index >= 15 is 0 Å². The third kappa shape index (κ3) is 5.62. The monoisotopic (exact) mass is 284 g/mol. The molecule has 0 aromatic heterocycles. The van der Waals surface area contributed by atoms with Gasteiger partial charge in [0.05, 0.1) is 0 Å². The number of hydrogen-bond donors (Lipinski definition) is 2. The van der Waals surface area contributed by atoms with E-state index in [-0.39, 0.29) is 29.8 Å². The maximum atomic E-state index is 11.9. The quantitative estimate of drug-likeness (QED) is 0.873. The van der Waals surface area contributed by atoms with Gasteiger partial charge in [-0.1, -0.05) is 31.2 Å². The molecule has 108 valence electrons. The second kappa shape index (κ2) is 7.51. The van der Waals surface area contributed by atoms with Crippen molar-refractivity contribution in [3.63, 3.8) is 0 Å². The molecule has 0 fully saturated rings. The summed E-state index contributed by atoms with van der Waals surface area (Å²) in [6.45, 7) is 8.47. The van der Waals surface area contributed by atoms with Crippen molar-refractivity contribution in [2.75, 3.05) is 6.54 Å². The molecule has 0 spiro atoms. The number of aryl methyl sites for hydroxylation is 1. The summed E-state index contributed by atoms with van der Waals surface area (Å²) in [5.41, 5.74) is 7.74. The molecule has 0 aliphatic heterocycles. The molecule has 0 aliphatic carbocycles. The molecular formula is C15H25ClN2O. The smallest absolute Gasteiger partial charge is 0.221 e. The van der Waals surface area contributed by atoms with Crippen LogP contribution in [-0.4, -0.2) is 18.0 Å². The number of nitrogens with two attached hydrogens (primary N) is 1. The van der Waals surface area contributed by atoms with Crippen LogP contribution in [0.15, 0.2) is 24.3 Å². The van der Waals surface area contributed by atoms with E-state index < -0.39 is 0 Å². The van der Waals surface area contributed by atoms with Gasteiger partial charge in [-0.2, -0.15) is 0 Å². The van der Waals surface area contributed by atoms with E-state index in [4.69, 9.17) is 5.73 Å². The molecule has 0 saturated carbocycles. The van der Waals surface area contributed by atoms with Crippen LogP contribution in [0.25, 0.3) is 0 Å². The van der Waals surface area contributed by atoms with Gasteiger partial charge in [0.1, 0.15) is 0 Å². The second-order valence-electron chi connectivity index (χ2n) is 5.60. The minimum atomic E-state index is -0.331. The molecule has 0 saturated heterocycles. The lowest BCUT2D eigenvalue weighted by Gasteiger charge is -2.25. The number of benzene rings is 1. The minimum Gasteiger partial charge on any atom is -0.350 e. The SMILES string of the molecule is Cc1ccccc1C(C)CC(=O)NC(C)(C)CN.Cl. The van der Waals surface area contributed by atoms with Crippen molar-refractivity contribution in [2.24, 2.45) is 5.73 Å². The molecule has 19 heavy (non-hydrogen) atoms. The molecule has 3 N–H and O–H groups in total. The fourth-order valence-electron chi connectivity index (χ4n) is 2.01. The summed E-state index contributed by atoms with van der Waals surface area (Å²) in [6.07, 6.45) is 0.494. The van der Waals surface area contributed by atoms with Crippen molar-refractivity contribution in [1.82, 2.24) is 5.32 Å². The van der Waals surface area contributed by atoms with E-state index in [2.05, 4.69) is 31.3 Å². The highest BCUT2D eigenvalue weighted by atomic mass is 35.5. The Hall–Kier alpha value is -1.06. The van der Waals surface area contributed by atoms with Crippen molar-refractivity contribution in [2.45, 2.75) is 45.6 Å². The van der Waals surface area contributed by atoms with Gasteiger partial charge in [0.15, 0.2) is 0 Å². The highest BCUT2D eigenvalue weighted by molar-refractivity contribution is 5.85. The van der Waals surface area contributed by atoms with Crippen molar-refractivity contribution in [1.29, 1.82) is 0 Å². The lowest BCUT2D eigenvalue weighted by molar-refractivity contribution is -0.122. The van der Waals surface area contributed by atoms with E-state index in [1.807, 2.05) is 26.0 Å². The van der Waals surface area contributed by atoms with Crippen LogP contribution in [0.1, 0.15) is 44.2 Å². The van der Waals surface area contributed by atoms with Crippen molar-refractivity contribution >= 4 is 18.3 Å². The Bertz CT molecular complexity index is 418. The average Bonchev–Trinajstić information content (AvgIpc) is 2.28. The fraction of sp³-hybridized carbons (Fsp3) is 0.533. The number of hydrogen-bond acceptors (Lipinski definition) is 2. The van der Waals surface area contributed by atoms with Gasteiger partial charge in [0.2, 0.25) is 5.91 Å². The molecule has 1 atom stereocenters. The topological polar surface area (TPSA) is 55.1 Å². The van der Waals surface area contributed by atoms with Gasteiger partial charge in [-0.15, -0.1) is 12.4 Å². The van der Waals surface area contributed by atoms with Crippen molar-refractivity contribution < 1.29 is 4.79 Å². The Morgan fingerprint density at radius 3 is 2.47 bits per heavy atom. The number of halogens is 1. The molecule has 1 aromatic rings. The summed E-state index contributed by atoms with van der Waals surface area (Å²) in [7, 11) is 0. The molecule has 3 nitrogen and oxygen atoms in total. The Kier molecular flexibility index (Phi) is 7.09. The van der Waals surface area contributed by atoms with Crippen molar-refractivity contribution in [3.05, 3.63) is 35.4 Å². The highest BCUT2D eigenvalue weighted by Crippen LogP contribution is 2.22. The average molecular weight is 285 g/mol. The van der Waals surface area contributed by atoms with Crippen molar-refractivity contribution in [3.8, 4) is 0 Å². The predicted octanol–water partition coefficient (Wildman–Crippen LogP) is 2.76. The van der Waals surface area contributed by atoms with Gasteiger partial charge in [-0.3, -0.25) is 4.79 Å². The third-order valence-electron chi connectivity index (χ3n) is 3.20. The van der Waals surface area contributed by atoms with E-state index in [0.717, 1.165) is 0 Å². The lowest BCUT2D eigenvalue weighted by Crippen LogP contribution is -2.49. The Labute approximate surface area is 122 Å². The molecule has 0 heterocycles. The van der Waals surface area contributed by atoms with Gasteiger partial charge in [0.25, 0.3) is 0 Å². The minimum absolute atomic E-state index is 0. The Morgan fingerprint density at radius 2 is 1.95 bits per heavy atom. The van der Waals surface area contributed by atoms with E-state index in [1.165, 1.54) is 11.1 Å². The first-order valence-electron chi connectivity index (χ1n) is 6.42. The molecule has 1 unspecified atom stereocenters. The number of rotatable bonds is 5. The zero-order valence-corrected chi connectivity index (χ0v) is 13.0. The van der Waals surface area contributed by atoms with Gasteiger partial charge >= 0.3 is 0 Å². The lowest BCUT2D eigenvalue weighted by atomic mass is 9.93. The number of carbonyl (C=O) groups is 1. The number of carbonyl (C=O) groups excluding carboxylic acids is 1. The normalized spacial score (nSPS) is 12.5. The summed E-state index contributed by atoms with van der Waals surface area (Å²) < 4.78 is 0.